The Morgan fingerprint density at radius 3 is 2.45 bits per heavy atom. The van der Waals surface area contributed by atoms with E-state index in [-0.39, 0.29) is 17.0 Å². The van der Waals surface area contributed by atoms with Gasteiger partial charge in [0.1, 0.15) is 11.6 Å². The summed E-state index contributed by atoms with van der Waals surface area (Å²) in [4.78, 5) is 7.95. The van der Waals surface area contributed by atoms with E-state index < -0.39 is 9.84 Å². The molecule has 22 heavy (non-hydrogen) atoms. The molecule has 1 aromatic heterocycles. The second-order valence-electron chi connectivity index (χ2n) is 5.32. The molecule has 1 aromatic carbocycles. The molecule has 2 rings (SSSR count). The normalized spacial score (nSPS) is 13.0. The number of nitrogens with one attached hydrogen (secondary N) is 1. The van der Waals surface area contributed by atoms with E-state index in [4.69, 9.17) is 0 Å². The van der Waals surface area contributed by atoms with Gasteiger partial charge >= 0.3 is 0 Å². The van der Waals surface area contributed by atoms with Crippen molar-refractivity contribution in [2.45, 2.75) is 32.0 Å². The number of rotatable bonds is 4. The molecule has 5 nitrogen and oxygen atoms in total. The van der Waals surface area contributed by atoms with Crippen molar-refractivity contribution in [3.05, 3.63) is 46.9 Å². The second-order valence-corrected chi connectivity index (χ2v) is 7.23. The summed E-state index contributed by atoms with van der Waals surface area (Å²) in [6.07, 6.45) is 1.07. The summed E-state index contributed by atoms with van der Waals surface area (Å²) in [5.74, 6) is 0.163. The Kier molecular flexibility index (Phi) is 4.46. The third-order valence-corrected chi connectivity index (χ3v) is 4.06. The van der Waals surface area contributed by atoms with Gasteiger partial charge in [0.05, 0.1) is 0 Å². The molecular formula is C15H18FN3O2S. The van der Waals surface area contributed by atoms with Gasteiger partial charge in [0.15, 0.2) is 0 Å². The zero-order valence-corrected chi connectivity index (χ0v) is 13.7. The molecule has 0 spiro atoms. The quantitative estimate of drug-likeness (QED) is 0.876. The number of hydrogen-bond donors (Lipinski definition) is 1. The molecule has 0 aliphatic heterocycles. The van der Waals surface area contributed by atoms with Gasteiger partial charge in [-0.15, -0.1) is 0 Å². The van der Waals surface area contributed by atoms with Crippen LogP contribution in [0.1, 0.15) is 29.8 Å². The molecular weight excluding hydrogens is 305 g/mol. The number of aromatic nitrogens is 2. The molecule has 1 atom stereocenters. The zero-order valence-electron chi connectivity index (χ0n) is 12.9. The highest BCUT2D eigenvalue weighted by atomic mass is 32.2. The summed E-state index contributed by atoms with van der Waals surface area (Å²) in [6, 6.07) is 6.36. The SMILES string of the molecule is Cc1cc(N[C@H](C)c2ccc(F)c(C)c2)nc(S(C)(=O)=O)n1. The Labute approximate surface area is 129 Å². The number of benzene rings is 1. The van der Waals surface area contributed by atoms with Crippen LogP contribution in [-0.2, 0) is 9.84 Å². The molecule has 0 radical (unpaired) electrons. The lowest BCUT2D eigenvalue weighted by molar-refractivity contribution is 0.592. The average molecular weight is 323 g/mol. The van der Waals surface area contributed by atoms with Crippen molar-refractivity contribution in [3.63, 3.8) is 0 Å². The summed E-state index contributed by atoms with van der Waals surface area (Å²) < 4.78 is 36.5. The average Bonchev–Trinajstić information content (AvgIpc) is 2.40. The Morgan fingerprint density at radius 1 is 1.18 bits per heavy atom. The smallest absolute Gasteiger partial charge is 0.248 e. The molecule has 0 fully saturated rings. The van der Waals surface area contributed by atoms with Gasteiger partial charge in [-0.05, 0) is 38.0 Å². The summed E-state index contributed by atoms with van der Waals surface area (Å²) in [5, 5.41) is 2.91. The van der Waals surface area contributed by atoms with Gasteiger partial charge in [-0.25, -0.2) is 22.8 Å². The fraction of sp³-hybridized carbons (Fsp3) is 0.333. The molecule has 0 bridgehead atoms. The van der Waals surface area contributed by atoms with Crippen LogP contribution in [0.2, 0.25) is 0 Å². The summed E-state index contributed by atoms with van der Waals surface area (Å²) >= 11 is 0. The first-order chi connectivity index (χ1) is 10.2. The number of sulfone groups is 1. The molecule has 1 heterocycles. The molecule has 0 aliphatic rings. The molecule has 118 valence electrons. The standard InChI is InChI=1S/C15H18FN3O2S/c1-9-7-12(5-6-13(9)16)11(3)18-14-8-10(2)17-15(19-14)22(4,20)21/h5-8,11H,1-4H3,(H,17,18,19)/t11-/m1/s1. The number of nitrogens with zero attached hydrogens (tertiary/aromatic N) is 2. The molecule has 2 aromatic rings. The van der Waals surface area contributed by atoms with E-state index in [1.807, 2.05) is 6.92 Å². The minimum absolute atomic E-state index is 0.152. The first-order valence-electron chi connectivity index (χ1n) is 6.75. The van der Waals surface area contributed by atoms with E-state index in [1.165, 1.54) is 6.07 Å². The van der Waals surface area contributed by atoms with E-state index in [0.717, 1.165) is 11.8 Å². The lowest BCUT2D eigenvalue weighted by Gasteiger charge is -2.16. The van der Waals surface area contributed by atoms with Gasteiger partial charge < -0.3 is 5.32 Å². The van der Waals surface area contributed by atoms with Crippen molar-refractivity contribution in [2.75, 3.05) is 11.6 Å². The van der Waals surface area contributed by atoms with Crippen LogP contribution >= 0.6 is 0 Å². The van der Waals surface area contributed by atoms with Crippen molar-refractivity contribution in [1.82, 2.24) is 9.97 Å². The van der Waals surface area contributed by atoms with E-state index in [1.54, 1.807) is 32.0 Å². The monoisotopic (exact) mass is 323 g/mol. The molecule has 0 saturated heterocycles. The highest BCUT2D eigenvalue weighted by Gasteiger charge is 2.15. The molecule has 0 unspecified atom stereocenters. The van der Waals surface area contributed by atoms with Gasteiger partial charge in [-0.3, -0.25) is 0 Å². The lowest BCUT2D eigenvalue weighted by Crippen LogP contribution is -2.12. The van der Waals surface area contributed by atoms with Crippen molar-refractivity contribution in [2.24, 2.45) is 0 Å². The van der Waals surface area contributed by atoms with E-state index in [0.29, 0.717) is 17.1 Å². The number of hydrogen-bond acceptors (Lipinski definition) is 5. The van der Waals surface area contributed by atoms with Gasteiger partial charge in [-0.2, -0.15) is 0 Å². The van der Waals surface area contributed by atoms with Crippen molar-refractivity contribution in [1.29, 1.82) is 0 Å². The maximum atomic E-state index is 13.3. The van der Waals surface area contributed by atoms with E-state index in [9.17, 15) is 12.8 Å². The van der Waals surface area contributed by atoms with Crippen LogP contribution in [0.25, 0.3) is 0 Å². The minimum Gasteiger partial charge on any atom is -0.363 e. The third-order valence-electron chi connectivity index (χ3n) is 3.21. The van der Waals surface area contributed by atoms with Crippen LogP contribution in [0.5, 0.6) is 0 Å². The topological polar surface area (TPSA) is 72.0 Å². The number of aryl methyl sites for hydroxylation is 2. The fourth-order valence-corrected chi connectivity index (χ4v) is 2.60. The fourth-order valence-electron chi connectivity index (χ4n) is 2.02. The minimum atomic E-state index is -3.47. The maximum Gasteiger partial charge on any atom is 0.248 e. The van der Waals surface area contributed by atoms with Crippen molar-refractivity contribution < 1.29 is 12.8 Å². The van der Waals surface area contributed by atoms with E-state index in [2.05, 4.69) is 15.3 Å². The number of anilines is 1. The van der Waals surface area contributed by atoms with Gasteiger partial charge in [0.2, 0.25) is 15.0 Å². The van der Waals surface area contributed by atoms with Crippen LogP contribution in [0.3, 0.4) is 0 Å². The molecule has 1 N–H and O–H groups in total. The first-order valence-corrected chi connectivity index (χ1v) is 8.64. The Bertz CT molecular complexity index is 806. The van der Waals surface area contributed by atoms with Crippen LogP contribution in [0.4, 0.5) is 10.2 Å². The summed E-state index contributed by atoms with van der Waals surface area (Å²) in [6.45, 7) is 5.29. The molecule has 0 aliphatic carbocycles. The van der Waals surface area contributed by atoms with Gasteiger partial charge in [0, 0.05) is 24.1 Å². The Hall–Kier alpha value is -2.02. The van der Waals surface area contributed by atoms with Crippen LogP contribution in [0.15, 0.2) is 29.4 Å². The highest BCUT2D eigenvalue weighted by Crippen LogP contribution is 2.21. The largest absolute Gasteiger partial charge is 0.363 e. The lowest BCUT2D eigenvalue weighted by atomic mass is 10.1. The first kappa shape index (κ1) is 16.4. The zero-order chi connectivity index (χ0) is 16.5. The second kappa shape index (κ2) is 6.00. The van der Waals surface area contributed by atoms with Crippen LogP contribution in [0, 0.1) is 19.7 Å². The van der Waals surface area contributed by atoms with E-state index >= 15 is 0 Å². The van der Waals surface area contributed by atoms with Gasteiger partial charge in [0.25, 0.3) is 0 Å². The molecule has 7 heteroatoms. The van der Waals surface area contributed by atoms with Crippen LogP contribution < -0.4 is 5.32 Å². The van der Waals surface area contributed by atoms with Crippen molar-refractivity contribution >= 4 is 15.7 Å². The highest BCUT2D eigenvalue weighted by molar-refractivity contribution is 7.90. The maximum absolute atomic E-state index is 13.3. The predicted octanol–water partition coefficient (Wildman–Crippen LogP) is 2.81. The Morgan fingerprint density at radius 2 is 1.86 bits per heavy atom. The third kappa shape index (κ3) is 3.79. The Balaban J connectivity index is 2.30. The predicted molar refractivity (Wildman–Crippen MR) is 83.1 cm³/mol. The summed E-state index contributed by atoms with van der Waals surface area (Å²) in [7, 11) is -3.47. The number of halogens is 1. The van der Waals surface area contributed by atoms with Gasteiger partial charge in [-0.1, -0.05) is 12.1 Å². The summed E-state index contributed by atoms with van der Waals surface area (Å²) in [5.41, 5.74) is 2.00. The molecule has 0 amide bonds. The molecule has 0 saturated carbocycles. The van der Waals surface area contributed by atoms with Crippen molar-refractivity contribution in [3.8, 4) is 0 Å². The van der Waals surface area contributed by atoms with Crippen LogP contribution in [-0.4, -0.2) is 24.6 Å².